The Labute approximate surface area is 353 Å². The number of para-hydroxylation sites is 7. The Hall–Kier alpha value is -8.14. The smallest absolute Gasteiger partial charge is 0.143 e. The van der Waals surface area contributed by atoms with E-state index in [4.69, 9.17) is 4.42 Å². The number of fused-ring (bicyclic) bond motifs is 7. The Bertz CT molecular complexity index is 3560. The molecule has 0 spiro atoms. The zero-order valence-electron chi connectivity index (χ0n) is 33.2. The molecule has 12 rings (SSSR count). The number of benzene rings is 10. The number of nitrogens with zero attached hydrogens (tertiary/aromatic N) is 2. The largest absolute Gasteiger partial charge is 0.455 e. The molecule has 0 saturated carbocycles. The summed E-state index contributed by atoms with van der Waals surface area (Å²) in [7, 11) is 0. The first kappa shape index (κ1) is 34.9. The van der Waals surface area contributed by atoms with Crippen LogP contribution >= 0.6 is 0 Å². The third-order valence-corrected chi connectivity index (χ3v) is 12.2. The fourth-order valence-corrected chi connectivity index (χ4v) is 9.41. The number of furan rings is 1. The van der Waals surface area contributed by atoms with E-state index in [-0.39, 0.29) is 0 Å². The Kier molecular flexibility index (Phi) is 8.17. The van der Waals surface area contributed by atoms with Crippen molar-refractivity contribution in [2.24, 2.45) is 0 Å². The molecule has 0 aliphatic carbocycles. The Morgan fingerprint density at radius 1 is 0.344 bits per heavy atom. The summed E-state index contributed by atoms with van der Waals surface area (Å²) in [5.74, 6) is 0. The third kappa shape index (κ3) is 5.74. The van der Waals surface area contributed by atoms with Crippen LogP contribution in [0.4, 0.5) is 17.1 Å². The van der Waals surface area contributed by atoms with E-state index in [0.29, 0.717) is 0 Å². The maximum Gasteiger partial charge on any atom is 0.143 e. The summed E-state index contributed by atoms with van der Waals surface area (Å²) >= 11 is 0. The van der Waals surface area contributed by atoms with Crippen LogP contribution in [0.25, 0.3) is 93.6 Å². The van der Waals surface area contributed by atoms with E-state index >= 15 is 0 Å². The maximum absolute atomic E-state index is 6.68. The summed E-state index contributed by atoms with van der Waals surface area (Å²) in [6, 6.07) is 83.0. The minimum atomic E-state index is 0.882. The zero-order chi connectivity index (χ0) is 40.3. The van der Waals surface area contributed by atoms with Crippen LogP contribution in [0.2, 0.25) is 0 Å². The summed E-state index contributed by atoms with van der Waals surface area (Å²) in [6.07, 6.45) is 0. The fraction of sp³-hybridized carbons (Fsp3) is 0. The number of hydrogen-bond donors (Lipinski definition) is 0. The lowest BCUT2D eigenvalue weighted by atomic mass is 9.96. The van der Waals surface area contributed by atoms with Gasteiger partial charge in [0.15, 0.2) is 0 Å². The lowest BCUT2D eigenvalue weighted by molar-refractivity contribution is 0.670. The third-order valence-electron chi connectivity index (χ3n) is 12.2. The molecule has 3 nitrogen and oxygen atoms in total. The zero-order valence-corrected chi connectivity index (χ0v) is 33.2. The van der Waals surface area contributed by atoms with Crippen molar-refractivity contribution in [3.8, 4) is 39.1 Å². The minimum Gasteiger partial charge on any atom is -0.455 e. The van der Waals surface area contributed by atoms with Crippen molar-refractivity contribution >= 4 is 71.6 Å². The van der Waals surface area contributed by atoms with Gasteiger partial charge in [0.05, 0.1) is 28.1 Å². The van der Waals surface area contributed by atoms with Crippen LogP contribution in [-0.4, -0.2) is 4.57 Å². The van der Waals surface area contributed by atoms with Crippen LogP contribution in [-0.2, 0) is 0 Å². The molecule has 61 heavy (non-hydrogen) atoms. The minimum absolute atomic E-state index is 0.882. The predicted octanol–water partition coefficient (Wildman–Crippen LogP) is 16.3. The molecule has 0 atom stereocenters. The second-order valence-corrected chi connectivity index (χ2v) is 15.6. The van der Waals surface area contributed by atoms with E-state index in [0.717, 1.165) is 66.9 Å². The summed E-state index contributed by atoms with van der Waals surface area (Å²) < 4.78 is 9.10. The number of hydrogen-bond acceptors (Lipinski definition) is 2. The molecule has 0 saturated heterocycles. The van der Waals surface area contributed by atoms with Crippen LogP contribution in [0.1, 0.15) is 0 Å². The molecule has 0 radical (unpaired) electrons. The van der Waals surface area contributed by atoms with Crippen LogP contribution in [0.15, 0.2) is 235 Å². The van der Waals surface area contributed by atoms with Gasteiger partial charge < -0.3 is 13.9 Å². The highest BCUT2D eigenvalue weighted by molar-refractivity contribution is 6.12. The van der Waals surface area contributed by atoms with Crippen LogP contribution < -0.4 is 4.90 Å². The summed E-state index contributed by atoms with van der Waals surface area (Å²) in [5.41, 5.74) is 15.2. The van der Waals surface area contributed by atoms with Crippen LogP contribution in [0.5, 0.6) is 0 Å². The fourth-order valence-electron chi connectivity index (χ4n) is 9.41. The standard InChI is InChI=1S/C58H38N2O/c1-2-17-41-38-42(33-32-39(41)16-1)40-34-36-43(37-35-40)59(53-27-10-7-22-48(53)50-24-15-25-51-49-23-8-14-31-57(49)61-58(50)51)52-26-9-3-18-44(52)45-19-4-11-28-54(45)60-55-29-12-5-20-46(55)47-21-6-13-30-56(47)60/h1-38H. The van der Waals surface area contributed by atoms with Gasteiger partial charge in [-0.15, -0.1) is 0 Å². The number of rotatable bonds is 7. The van der Waals surface area contributed by atoms with E-state index in [1.54, 1.807) is 0 Å². The average Bonchev–Trinajstić information content (AvgIpc) is 3.88. The van der Waals surface area contributed by atoms with Gasteiger partial charge in [0.25, 0.3) is 0 Å². The Morgan fingerprint density at radius 2 is 0.869 bits per heavy atom. The lowest BCUT2D eigenvalue weighted by Gasteiger charge is -2.30. The van der Waals surface area contributed by atoms with Crippen LogP contribution in [0.3, 0.4) is 0 Å². The molecule has 2 aromatic heterocycles. The number of anilines is 3. The van der Waals surface area contributed by atoms with E-state index in [1.165, 1.54) is 43.7 Å². The average molecular weight is 779 g/mol. The number of aromatic nitrogens is 1. The first-order valence-electron chi connectivity index (χ1n) is 20.8. The van der Waals surface area contributed by atoms with Crippen molar-refractivity contribution in [1.82, 2.24) is 4.57 Å². The van der Waals surface area contributed by atoms with Gasteiger partial charge in [-0.25, -0.2) is 0 Å². The normalized spacial score (nSPS) is 11.6. The van der Waals surface area contributed by atoms with E-state index in [2.05, 4.69) is 234 Å². The Balaban J connectivity index is 1.09. The SMILES string of the molecule is c1ccc(N(c2ccc(-c3ccc4ccccc4c3)cc2)c2ccccc2-c2cccc3c2oc2ccccc23)c(-c2ccccc2-n2c3ccccc3c3ccccc32)c1. The molecule has 10 aromatic carbocycles. The molecule has 0 amide bonds. The van der Waals surface area contributed by atoms with Gasteiger partial charge in [-0.2, -0.15) is 0 Å². The van der Waals surface area contributed by atoms with Gasteiger partial charge in [-0.05, 0) is 76.5 Å². The molecule has 3 heteroatoms. The molecule has 0 aliphatic rings. The van der Waals surface area contributed by atoms with Crippen molar-refractivity contribution in [2.45, 2.75) is 0 Å². The summed E-state index contributed by atoms with van der Waals surface area (Å²) in [4.78, 5) is 2.43. The predicted molar refractivity (Wildman–Crippen MR) is 257 cm³/mol. The van der Waals surface area contributed by atoms with Gasteiger partial charge in [-0.1, -0.05) is 176 Å². The topological polar surface area (TPSA) is 21.3 Å². The second-order valence-electron chi connectivity index (χ2n) is 15.6. The van der Waals surface area contributed by atoms with Gasteiger partial charge in [-0.3, -0.25) is 0 Å². The van der Waals surface area contributed by atoms with Crippen molar-refractivity contribution in [2.75, 3.05) is 4.90 Å². The highest BCUT2D eigenvalue weighted by Gasteiger charge is 2.24. The molecular weight excluding hydrogens is 741 g/mol. The molecule has 0 unspecified atom stereocenters. The highest BCUT2D eigenvalue weighted by Crippen LogP contribution is 2.48. The van der Waals surface area contributed by atoms with Crippen LogP contribution in [0, 0.1) is 0 Å². The molecule has 286 valence electrons. The molecule has 12 aromatic rings. The summed E-state index contributed by atoms with van der Waals surface area (Å²) in [6.45, 7) is 0. The van der Waals surface area contributed by atoms with Crippen molar-refractivity contribution in [3.05, 3.63) is 231 Å². The van der Waals surface area contributed by atoms with Crippen molar-refractivity contribution in [3.63, 3.8) is 0 Å². The van der Waals surface area contributed by atoms with Gasteiger partial charge in [0.2, 0.25) is 0 Å². The van der Waals surface area contributed by atoms with E-state index in [1.807, 2.05) is 6.07 Å². The van der Waals surface area contributed by atoms with E-state index < -0.39 is 0 Å². The molecule has 2 heterocycles. The quantitative estimate of drug-likeness (QED) is 0.161. The second kappa shape index (κ2) is 14.3. The van der Waals surface area contributed by atoms with Crippen molar-refractivity contribution in [1.29, 1.82) is 0 Å². The summed E-state index contributed by atoms with van der Waals surface area (Å²) in [5, 5.41) is 7.17. The molecule has 0 bridgehead atoms. The van der Waals surface area contributed by atoms with Gasteiger partial charge >= 0.3 is 0 Å². The molecule has 0 fully saturated rings. The maximum atomic E-state index is 6.68. The van der Waals surface area contributed by atoms with Gasteiger partial charge in [0.1, 0.15) is 11.2 Å². The highest BCUT2D eigenvalue weighted by atomic mass is 16.3. The van der Waals surface area contributed by atoms with Gasteiger partial charge in [0, 0.05) is 49.5 Å². The first-order chi connectivity index (χ1) is 30.3. The molecule has 0 N–H and O–H groups in total. The molecule has 0 aliphatic heterocycles. The monoisotopic (exact) mass is 778 g/mol. The first-order valence-corrected chi connectivity index (χ1v) is 20.8. The lowest BCUT2D eigenvalue weighted by Crippen LogP contribution is -2.13. The van der Waals surface area contributed by atoms with E-state index in [9.17, 15) is 0 Å². The molecular formula is C58H38N2O. The Morgan fingerprint density at radius 3 is 1.61 bits per heavy atom. The van der Waals surface area contributed by atoms with Crippen molar-refractivity contribution < 1.29 is 4.42 Å².